The van der Waals surface area contributed by atoms with Crippen molar-refractivity contribution in [2.75, 3.05) is 32.9 Å². The Morgan fingerprint density at radius 2 is 2.22 bits per heavy atom. The lowest BCUT2D eigenvalue weighted by molar-refractivity contribution is 0.0299. The van der Waals surface area contributed by atoms with Gasteiger partial charge >= 0.3 is 5.97 Å². The van der Waals surface area contributed by atoms with Crippen LogP contribution in [0.2, 0.25) is 0 Å². The van der Waals surface area contributed by atoms with E-state index in [1.807, 2.05) is 0 Å². The van der Waals surface area contributed by atoms with E-state index in [9.17, 15) is 9.59 Å². The first-order valence-electron chi connectivity index (χ1n) is 5.81. The third-order valence-electron chi connectivity index (χ3n) is 2.57. The van der Waals surface area contributed by atoms with Crippen molar-refractivity contribution in [3.05, 3.63) is 17.7 Å². The van der Waals surface area contributed by atoms with E-state index < -0.39 is 5.97 Å². The number of H-pyrrole nitrogens is 1. The largest absolute Gasteiger partial charge is 0.460 e. The van der Waals surface area contributed by atoms with Crippen LogP contribution in [0.25, 0.3) is 0 Å². The Bertz CT molecular complexity index is 437. The van der Waals surface area contributed by atoms with Gasteiger partial charge in [0.05, 0.1) is 26.0 Å². The van der Waals surface area contributed by atoms with E-state index in [1.165, 1.54) is 6.20 Å². The summed E-state index contributed by atoms with van der Waals surface area (Å²) < 4.78 is 9.96. The molecule has 1 N–H and O–H groups in total. The van der Waals surface area contributed by atoms with Crippen LogP contribution in [-0.4, -0.2) is 59.7 Å². The van der Waals surface area contributed by atoms with E-state index in [0.29, 0.717) is 32.0 Å². The van der Waals surface area contributed by atoms with Crippen LogP contribution in [0.3, 0.4) is 0 Å². The van der Waals surface area contributed by atoms with Gasteiger partial charge < -0.3 is 19.4 Å². The normalized spacial score (nSPS) is 15.5. The van der Waals surface area contributed by atoms with Crippen LogP contribution in [0.15, 0.2) is 6.20 Å². The highest BCUT2D eigenvalue weighted by Gasteiger charge is 2.21. The third kappa shape index (κ3) is 2.67. The molecule has 0 spiro atoms. The number of nitrogens with one attached hydrogen (secondary N) is 1. The SMILES string of the molecule is CCOC(=O)c1ncc(C(=O)N2CCOCC2)[nH]1. The Kier molecular flexibility index (Phi) is 3.93. The summed E-state index contributed by atoms with van der Waals surface area (Å²) in [5.74, 6) is -0.687. The highest BCUT2D eigenvalue weighted by molar-refractivity contribution is 5.94. The molecule has 0 radical (unpaired) electrons. The van der Waals surface area contributed by atoms with Gasteiger partial charge in [0.25, 0.3) is 5.91 Å². The number of hydrogen-bond acceptors (Lipinski definition) is 5. The van der Waals surface area contributed by atoms with Gasteiger partial charge in [0.15, 0.2) is 0 Å². The summed E-state index contributed by atoms with van der Waals surface area (Å²) in [4.78, 5) is 31.6. The third-order valence-corrected chi connectivity index (χ3v) is 2.57. The minimum absolute atomic E-state index is 0.0495. The molecule has 1 aromatic rings. The lowest BCUT2D eigenvalue weighted by atomic mass is 10.3. The second-order valence-electron chi connectivity index (χ2n) is 3.77. The molecule has 1 aliphatic heterocycles. The number of amides is 1. The zero-order valence-corrected chi connectivity index (χ0v) is 10.1. The Balaban J connectivity index is 2.04. The smallest absolute Gasteiger partial charge is 0.374 e. The number of aromatic nitrogens is 2. The van der Waals surface area contributed by atoms with Gasteiger partial charge in [-0.1, -0.05) is 0 Å². The maximum Gasteiger partial charge on any atom is 0.374 e. The molecule has 7 heteroatoms. The van der Waals surface area contributed by atoms with Gasteiger partial charge in [-0.3, -0.25) is 4.79 Å². The average Bonchev–Trinajstić information content (AvgIpc) is 2.89. The second kappa shape index (κ2) is 5.63. The van der Waals surface area contributed by atoms with Crippen LogP contribution in [0.1, 0.15) is 28.0 Å². The zero-order chi connectivity index (χ0) is 13.0. The molecular weight excluding hydrogens is 238 g/mol. The first-order valence-corrected chi connectivity index (χ1v) is 5.81. The van der Waals surface area contributed by atoms with Crippen molar-refractivity contribution in [2.24, 2.45) is 0 Å². The fourth-order valence-corrected chi connectivity index (χ4v) is 1.67. The second-order valence-corrected chi connectivity index (χ2v) is 3.77. The number of nitrogens with zero attached hydrogens (tertiary/aromatic N) is 2. The van der Waals surface area contributed by atoms with E-state index >= 15 is 0 Å². The number of esters is 1. The Labute approximate surface area is 104 Å². The van der Waals surface area contributed by atoms with Crippen LogP contribution >= 0.6 is 0 Å². The minimum Gasteiger partial charge on any atom is -0.460 e. The summed E-state index contributed by atoms with van der Waals surface area (Å²) >= 11 is 0. The standard InChI is InChI=1S/C11H15N3O4/c1-2-18-11(16)9-12-7-8(13-9)10(15)14-3-5-17-6-4-14/h7H,2-6H2,1H3,(H,12,13). The highest BCUT2D eigenvalue weighted by atomic mass is 16.5. The molecule has 1 fully saturated rings. The van der Waals surface area contributed by atoms with Crippen molar-refractivity contribution < 1.29 is 19.1 Å². The van der Waals surface area contributed by atoms with Crippen LogP contribution in [0.5, 0.6) is 0 Å². The quantitative estimate of drug-likeness (QED) is 0.770. The van der Waals surface area contributed by atoms with Gasteiger partial charge in [-0.25, -0.2) is 9.78 Å². The molecule has 0 aromatic carbocycles. The first-order chi connectivity index (χ1) is 8.72. The molecular formula is C11H15N3O4. The van der Waals surface area contributed by atoms with Crippen molar-refractivity contribution in [2.45, 2.75) is 6.92 Å². The first kappa shape index (κ1) is 12.6. The molecule has 0 atom stereocenters. The van der Waals surface area contributed by atoms with Gasteiger partial charge in [0, 0.05) is 13.1 Å². The fourth-order valence-electron chi connectivity index (χ4n) is 1.67. The van der Waals surface area contributed by atoms with Crippen molar-refractivity contribution in [3.63, 3.8) is 0 Å². The van der Waals surface area contributed by atoms with Gasteiger partial charge in [0.1, 0.15) is 5.69 Å². The maximum absolute atomic E-state index is 12.0. The fraction of sp³-hybridized carbons (Fsp3) is 0.545. The molecule has 18 heavy (non-hydrogen) atoms. The summed E-state index contributed by atoms with van der Waals surface area (Å²) in [6.07, 6.45) is 1.35. The molecule has 1 amide bonds. The van der Waals surface area contributed by atoms with Gasteiger partial charge in [-0.2, -0.15) is 0 Å². The van der Waals surface area contributed by atoms with Crippen molar-refractivity contribution in [1.82, 2.24) is 14.9 Å². The molecule has 0 unspecified atom stereocenters. The van der Waals surface area contributed by atoms with Crippen molar-refractivity contribution in [3.8, 4) is 0 Å². The van der Waals surface area contributed by atoms with Crippen molar-refractivity contribution in [1.29, 1.82) is 0 Å². The van der Waals surface area contributed by atoms with Crippen molar-refractivity contribution >= 4 is 11.9 Å². The molecule has 0 saturated carbocycles. The minimum atomic E-state index is -0.557. The number of aromatic amines is 1. The zero-order valence-electron chi connectivity index (χ0n) is 10.1. The molecule has 1 saturated heterocycles. The lowest BCUT2D eigenvalue weighted by Gasteiger charge is -2.26. The monoisotopic (exact) mass is 253 g/mol. The predicted octanol–water partition coefficient (Wildman–Crippen LogP) is 0.0588. The van der Waals surface area contributed by atoms with E-state index in [-0.39, 0.29) is 18.3 Å². The number of carbonyl (C=O) groups excluding carboxylic acids is 2. The Morgan fingerprint density at radius 1 is 1.50 bits per heavy atom. The molecule has 98 valence electrons. The van der Waals surface area contributed by atoms with Gasteiger partial charge in [-0.05, 0) is 6.92 Å². The Morgan fingerprint density at radius 3 is 2.89 bits per heavy atom. The van der Waals surface area contributed by atoms with Gasteiger partial charge in [-0.15, -0.1) is 0 Å². The van der Waals surface area contributed by atoms with E-state index in [2.05, 4.69) is 9.97 Å². The van der Waals surface area contributed by atoms with Crippen LogP contribution in [0, 0.1) is 0 Å². The summed E-state index contributed by atoms with van der Waals surface area (Å²) in [7, 11) is 0. The lowest BCUT2D eigenvalue weighted by Crippen LogP contribution is -2.40. The number of rotatable bonds is 3. The topological polar surface area (TPSA) is 84.5 Å². The molecule has 1 aromatic heterocycles. The van der Waals surface area contributed by atoms with Crippen LogP contribution in [-0.2, 0) is 9.47 Å². The Hall–Kier alpha value is -1.89. The summed E-state index contributed by atoms with van der Waals surface area (Å²) in [5.41, 5.74) is 0.292. The molecule has 0 bridgehead atoms. The van der Waals surface area contributed by atoms with E-state index in [1.54, 1.807) is 11.8 Å². The van der Waals surface area contributed by atoms with Crippen LogP contribution < -0.4 is 0 Å². The molecule has 0 aliphatic carbocycles. The van der Waals surface area contributed by atoms with Gasteiger partial charge in [0.2, 0.25) is 5.82 Å². The molecule has 1 aliphatic rings. The highest BCUT2D eigenvalue weighted by Crippen LogP contribution is 2.06. The number of morpholine rings is 1. The summed E-state index contributed by atoms with van der Waals surface area (Å²) in [6.45, 7) is 4.14. The summed E-state index contributed by atoms with van der Waals surface area (Å²) in [6, 6.07) is 0. The van der Waals surface area contributed by atoms with E-state index in [4.69, 9.17) is 9.47 Å². The number of ether oxygens (including phenoxy) is 2. The predicted molar refractivity (Wildman–Crippen MR) is 61.3 cm³/mol. The number of hydrogen-bond donors (Lipinski definition) is 1. The molecule has 2 heterocycles. The molecule has 7 nitrogen and oxygen atoms in total. The number of imidazole rings is 1. The van der Waals surface area contributed by atoms with E-state index in [0.717, 1.165) is 0 Å². The average molecular weight is 253 g/mol. The molecule has 2 rings (SSSR count). The van der Waals surface area contributed by atoms with Crippen LogP contribution in [0.4, 0.5) is 0 Å². The number of carbonyl (C=O) groups is 2. The maximum atomic E-state index is 12.0. The summed E-state index contributed by atoms with van der Waals surface area (Å²) in [5, 5.41) is 0.